The summed E-state index contributed by atoms with van der Waals surface area (Å²) < 4.78 is 5.20. The largest absolute Gasteiger partial charge is 0.465 e. The summed E-state index contributed by atoms with van der Waals surface area (Å²) >= 11 is 0. The number of para-hydroxylation sites is 1. The smallest absolute Gasteiger partial charge is 0.246 e. The van der Waals surface area contributed by atoms with Gasteiger partial charge in [0.05, 0.1) is 18.3 Å². The second kappa shape index (κ2) is 7.59. The van der Waals surface area contributed by atoms with Crippen LogP contribution in [0.1, 0.15) is 11.6 Å². The summed E-state index contributed by atoms with van der Waals surface area (Å²) in [6, 6.07) is 11.4. The highest BCUT2D eigenvalue weighted by Crippen LogP contribution is 2.18. The van der Waals surface area contributed by atoms with Gasteiger partial charge in [-0.15, -0.1) is 0 Å². The van der Waals surface area contributed by atoms with E-state index in [2.05, 4.69) is 14.9 Å². The zero-order chi connectivity index (χ0) is 18.6. The maximum Gasteiger partial charge on any atom is 0.246 e. The van der Waals surface area contributed by atoms with Crippen molar-refractivity contribution in [3.05, 3.63) is 60.3 Å². The van der Waals surface area contributed by atoms with Gasteiger partial charge in [0.1, 0.15) is 17.4 Å². The molecule has 7 heteroatoms. The van der Waals surface area contributed by atoms with Crippen LogP contribution in [-0.4, -0.2) is 51.9 Å². The molecule has 27 heavy (non-hydrogen) atoms. The molecule has 1 aliphatic heterocycles. The van der Waals surface area contributed by atoms with E-state index < -0.39 is 0 Å². The van der Waals surface area contributed by atoms with Crippen LogP contribution in [0.4, 0.5) is 5.82 Å². The number of amides is 1. The average Bonchev–Trinajstić information content (AvgIpc) is 3.20. The third-order valence-corrected chi connectivity index (χ3v) is 4.66. The Labute approximate surface area is 157 Å². The molecule has 1 aromatic carbocycles. The lowest BCUT2D eigenvalue weighted by Crippen LogP contribution is -2.48. The number of nitrogens with zero attached hydrogens (tertiary/aromatic N) is 4. The van der Waals surface area contributed by atoms with Crippen LogP contribution >= 0.6 is 0 Å². The number of hydrogen-bond acceptors (Lipinski definition) is 6. The third-order valence-electron chi connectivity index (χ3n) is 4.66. The van der Waals surface area contributed by atoms with Crippen LogP contribution in [0, 0.1) is 0 Å². The van der Waals surface area contributed by atoms with E-state index in [1.54, 1.807) is 24.5 Å². The van der Waals surface area contributed by atoms with Crippen LogP contribution in [0.25, 0.3) is 17.0 Å². The first kappa shape index (κ1) is 17.2. The van der Waals surface area contributed by atoms with E-state index in [0.29, 0.717) is 37.0 Å². The van der Waals surface area contributed by atoms with Crippen LogP contribution in [0.5, 0.6) is 0 Å². The van der Waals surface area contributed by atoms with Gasteiger partial charge in [0, 0.05) is 37.6 Å². The Kier molecular flexibility index (Phi) is 4.84. The van der Waals surface area contributed by atoms with Crippen molar-refractivity contribution in [1.82, 2.24) is 19.8 Å². The van der Waals surface area contributed by atoms with Gasteiger partial charge in [0.25, 0.3) is 0 Å². The number of nitrogens with two attached hydrogens (primary N) is 1. The topological polar surface area (TPSA) is 88.5 Å². The second-order valence-electron chi connectivity index (χ2n) is 6.49. The molecule has 2 aromatic heterocycles. The molecule has 1 fully saturated rings. The van der Waals surface area contributed by atoms with Crippen LogP contribution in [0.3, 0.4) is 0 Å². The normalized spacial score (nSPS) is 15.6. The molecule has 3 aromatic rings. The van der Waals surface area contributed by atoms with Crippen molar-refractivity contribution in [3.63, 3.8) is 0 Å². The minimum Gasteiger partial charge on any atom is -0.465 e. The van der Waals surface area contributed by atoms with Gasteiger partial charge in [-0.05, 0) is 30.3 Å². The molecule has 4 rings (SSSR count). The van der Waals surface area contributed by atoms with E-state index in [-0.39, 0.29) is 5.91 Å². The van der Waals surface area contributed by atoms with E-state index in [0.717, 1.165) is 24.0 Å². The van der Waals surface area contributed by atoms with Crippen LogP contribution in [0.2, 0.25) is 0 Å². The molecule has 1 aliphatic rings. The number of fused-ring (bicyclic) bond motifs is 1. The minimum atomic E-state index is -0.00255. The maximum atomic E-state index is 12.3. The van der Waals surface area contributed by atoms with E-state index >= 15 is 0 Å². The fraction of sp³-hybridized carbons (Fsp3) is 0.250. The molecule has 1 amide bonds. The van der Waals surface area contributed by atoms with Gasteiger partial charge in [-0.3, -0.25) is 9.69 Å². The quantitative estimate of drug-likeness (QED) is 0.715. The molecule has 0 bridgehead atoms. The highest BCUT2D eigenvalue weighted by molar-refractivity contribution is 5.91. The van der Waals surface area contributed by atoms with Crippen molar-refractivity contribution in [1.29, 1.82) is 0 Å². The molecule has 0 unspecified atom stereocenters. The molecule has 1 saturated heterocycles. The second-order valence-corrected chi connectivity index (χ2v) is 6.49. The molecule has 0 radical (unpaired) electrons. The van der Waals surface area contributed by atoms with Crippen LogP contribution in [-0.2, 0) is 11.3 Å². The number of piperazine rings is 1. The number of benzene rings is 1. The summed E-state index contributed by atoms with van der Waals surface area (Å²) in [6.07, 6.45) is 4.84. The highest BCUT2D eigenvalue weighted by atomic mass is 16.3. The van der Waals surface area contributed by atoms with Crippen molar-refractivity contribution in [2.45, 2.75) is 6.54 Å². The first-order chi connectivity index (χ1) is 13.2. The van der Waals surface area contributed by atoms with Crippen LogP contribution in [0.15, 0.2) is 53.2 Å². The Morgan fingerprint density at radius 1 is 1.11 bits per heavy atom. The van der Waals surface area contributed by atoms with Gasteiger partial charge in [-0.2, -0.15) is 0 Å². The Hall–Kier alpha value is -3.19. The standard InChI is InChI=1S/C20H21N5O2/c21-20-16-5-1-2-6-17(16)22-18(23-20)14-24-9-11-25(12-10-24)19(26)8-7-15-4-3-13-27-15/h1-8,13H,9-12,14H2,(H2,21,22,23)/b8-7+. The summed E-state index contributed by atoms with van der Waals surface area (Å²) in [4.78, 5) is 25.4. The van der Waals surface area contributed by atoms with Crippen LogP contribution < -0.4 is 5.73 Å². The predicted molar refractivity (Wildman–Crippen MR) is 104 cm³/mol. The van der Waals surface area contributed by atoms with Gasteiger partial charge < -0.3 is 15.1 Å². The fourth-order valence-electron chi connectivity index (χ4n) is 3.19. The molecule has 7 nitrogen and oxygen atoms in total. The summed E-state index contributed by atoms with van der Waals surface area (Å²) in [5, 5.41) is 0.875. The Morgan fingerprint density at radius 2 is 1.93 bits per heavy atom. The number of nitrogen functional groups attached to an aromatic ring is 1. The highest BCUT2D eigenvalue weighted by Gasteiger charge is 2.20. The Morgan fingerprint density at radius 3 is 2.70 bits per heavy atom. The molecule has 0 saturated carbocycles. The summed E-state index contributed by atoms with van der Waals surface area (Å²) in [5.74, 6) is 1.89. The van der Waals surface area contributed by atoms with Crippen molar-refractivity contribution >= 4 is 28.7 Å². The number of hydrogen-bond donors (Lipinski definition) is 1. The van der Waals surface area contributed by atoms with E-state index in [1.165, 1.54) is 0 Å². The van der Waals surface area contributed by atoms with Crippen molar-refractivity contribution < 1.29 is 9.21 Å². The molecule has 3 heterocycles. The predicted octanol–water partition coefficient (Wildman–Crippen LogP) is 2.16. The lowest BCUT2D eigenvalue weighted by molar-refractivity contribution is -0.127. The number of carbonyl (C=O) groups excluding carboxylic acids is 1. The minimum absolute atomic E-state index is 0.00255. The first-order valence-electron chi connectivity index (χ1n) is 8.93. The Bertz CT molecular complexity index is 960. The molecule has 2 N–H and O–H groups in total. The number of furan rings is 1. The third kappa shape index (κ3) is 3.98. The number of anilines is 1. The van der Waals surface area contributed by atoms with Gasteiger partial charge in [-0.25, -0.2) is 9.97 Å². The average molecular weight is 363 g/mol. The summed E-state index contributed by atoms with van der Waals surface area (Å²) in [5.41, 5.74) is 6.92. The number of carbonyl (C=O) groups is 1. The molecule has 0 aliphatic carbocycles. The monoisotopic (exact) mass is 363 g/mol. The SMILES string of the molecule is Nc1nc(CN2CCN(C(=O)/C=C/c3ccco3)CC2)nc2ccccc12. The lowest BCUT2D eigenvalue weighted by Gasteiger charge is -2.33. The van der Waals surface area contributed by atoms with E-state index in [1.807, 2.05) is 35.2 Å². The zero-order valence-corrected chi connectivity index (χ0v) is 14.9. The molecule has 0 atom stereocenters. The molecule has 138 valence electrons. The lowest BCUT2D eigenvalue weighted by atomic mass is 10.2. The van der Waals surface area contributed by atoms with Gasteiger partial charge >= 0.3 is 0 Å². The first-order valence-corrected chi connectivity index (χ1v) is 8.93. The van der Waals surface area contributed by atoms with Crippen molar-refractivity contribution in [3.8, 4) is 0 Å². The Balaban J connectivity index is 1.35. The van der Waals surface area contributed by atoms with Crippen molar-refractivity contribution in [2.24, 2.45) is 0 Å². The van der Waals surface area contributed by atoms with Crippen molar-refractivity contribution in [2.75, 3.05) is 31.9 Å². The number of aromatic nitrogens is 2. The molecular weight excluding hydrogens is 342 g/mol. The summed E-state index contributed by atoms with van der Waals surface area (Å²) in [6.45, 7) is 3.51. The molecule has 0 spiro atoms. The van der Waals surface area contributed by atoms with E-state index in [9.17, 15) is 4.79 Å². The number of rotatable bonds is 4. The van der Waals surface area contributed by atoms with Gasteiger partial charge in [0.15, 0.2) is 0 Å². The van der Waals surface area contributed by atoms with Gasteiger partial charge in [0.2, 0.25) is 5.91 Å². The van der Waals surface area contributed by atoms with E-state index in [4.69, 9.17) is 10.2 Å². The fourth-order valence-corrected chi connectivity index (χ4v) is 3.19. The van der Waals surface area contributed by atoms with Gasteiger partial charge in [-0.1, -0.05) is 12.1 Å². The summed E-state index contributed by atoms with van der Waals surface area (Å²) in [7, 11) is 0. The maximum absolute atomic E-state index is 12.3. The zero-order valence-electron chi connectivity index (χ0n) is 14.9. The molecular formula is C20H21N5O2.